The summed E-state index contributed by atoms with van der Waals surface area (Å²) >= 11 is 0. The molecule has 0 aliphatic heterocycles. The van der Waals surface area contributed by atoms with Crippen LogP contribution in [0.1, 0.15) is 6.92 Å². The van der Waals surface area contributed by atoms with Crippen LogP contribution in [0.3, 0.4) is 0 Å². The molecule has 0 saturated heterocycles. The van der Waals surface area contributed by atoms with Crippen LogP contribution in [0.15, 0.2) is 0 Å². The average Bonchev–Trinajstić information content (AvgIpc) is 0.811. The number of rotatable bonds is 0. The van der Waals surface area contributed by atoms with E-state index in [0.29, 0.717) is 5.94 Å². The fraction of sp³-hybridized carbons (Fsp3) is 1.00. The highest BCUT2D eigenvalue weighted by molar-refractivity contribution is 6.11. The molecule has 0 aliphatic rings. The van der Waals surface area contributed by atoms with E-state index < -0.39 is 0 Å². The van der Waals surface area contributed by atoms with E-state index in [-0.39, 0.29) is 0 Å². The normalized spacial score (nSPS) is 15.5. The molecule has 0 bridgehead atoms. The molecule has 0 aromatic rings. The van der Waals surface area contributed by atoms with Gasteiger partial charge in [0, 0.05) is 0 Å². The summed E-state index contributed by atoms with van der Waals surface area (Å²) in [7, 11) is 1.94. The van der Waals surface area contributed by atoms with Crippen LogP contribution in [0.4, 0.5) is 0 Å². The van der Waals surface area contributed by atoms with Crippen molar-refractivity contribution in [3.8, 4) is 0 Å². The first-order chi connectivity index (χ1) is 1.73. The van der Waals surface area contributed by atoms with Gasteiger partial charge in [0.05, 0.1) is 0 Å². The molecule has 0 fully saturated rings. The summed E-state index contributed by atoms with van der Waals surface area (Å²) in [6, 6.07) is 0. The van der Waals surface area contributed by atoms with Crippen molar-refractivity contribution in [1.29, 1.82) is 0 Å². The molecule has 1 atom stereocenters. The van der Waals surface area contributed by atoms with Gasteiger partial charge in [-0.1, -0.05) is 6.92 Å². The fourth-order valence-corrected chi connectivity index (χ4v) is 0. The maximum atomic E-state index is 5.11. The van der Waals surface area contributed by atoms with Crippen LogP contribution in [0.2, 0.25) is 0 Å². The Bertz CT molecular complexity index is 10.8. The Morgan fingerprint density at radius 1 is 2.00 bits per heavy atom. The van der Waals surface area contributed by atoms with Gasteiger partial charge in [-0.2, -0.15) is 0 Å². The topological polar surface area (TPSA) is 26.0 Å². The van der Waals surface area contributed by atoms with E-state index >= 15 is 0 Å². The highest BCUT2D eigenvalue weighted by Gasteiger charge is 1.68. The standard InChI is InChI=1S/C2H8BN/c1-2(3)4/h2H,3-4H2,1H3/t2-/m0/s1. The second-order valence-electron chi connectivity index (χ2n) is 1.24. The molecule has 4 heavy (non-hydrogen) atoms. The van der Waals surface area contributed by atoms with Gasteiger partial charge in [-0.25, -0.2) is 0 Å². The molecule has 2 heteroatoms. The van der Waals surface area contributed by atoms with Crippen molar-refractivity contribution in [3.05, 3.63) is 0 Å². The van der Waals surface area contributed by atoms with E-state index in [1.165, 1.54) is 0 Å². The van der Waals surface area contributed by atoms with E-state index in [2.05, 4.69) is 0 Å². The van der Waals surface area contributed by atoms with Gasteiger partial charge in [0.25, 0.3) is 0 Å². The van der Waals surface area contributed by atoms with E-state index in [9.17, 15) is 0 Å². The average molecular weight is 56.9 g/mol. The molecule has 0 spiro atoms. The summed E-state index contributed by atoms with van der Waals surface area (Å²) in [5.74, 6) is 0.333. The Kier molecular flexibility index (Phi) is 1.36. The minimum atomic E-state index is 0.333. The van der Waals surface area contributed by atoms with Crippen molar-refractivity contribution in [3.63, 3.8) is 0 Å². The number of hydrogen-bond donors (Lipinski definition) is 1. The van der Waals surface area contributed by atoms with Gasteiger partial charge in [0.15, 0.2) is 0 Å². The summed E-state index contributed by atoms with van der Waals surface area (Å²) in [5.41, 5.74) is 5.11. The Morgan fingerprint density at radius 2 is 2.00 bits per heavy atom. The van der Waals surface area contributed by atoms with Crippen LogP contribution in [-0.2, 0) is 0 Å². The molecule has 2 N–H and O–H groups in total. The molecule has 0 aromatic carbocycles. The third kappa shape index (κ3) is 3420. The van der Waals surface area contributed by atoms with Gasteiger partial charge in [-0.3, -0.25) is 0 Å². The van der Waals surface area contributed by atoms with Crippen molar-refractivity contribution in [1.82, 2.24) is 0 Å². The predicted octanol–water partition coefficient (Wildman–Crippen LogP) is -1.08. The van der Waals surface area contributed by atoms with E-state index in [0.717, 1.165) is 0 Å². The zero-order valence-electron chi connectivity index (χ0n) is 3.15. The van der Waals surface area contributed by atoms with Crippen molar-refractivity contribution >= 4 is 7.85 Å². The monoisotopic (exact) mass is 57.1 g/mol. The molecule has 24 valence electrons. The van der Waals surface area contributed by atoms with Crippen LogP contribution in [-0.4, -0.2) is 13.8 Å². The maximum absolute atomic E-state index is 5.11. The van der Waals surface area contributed by atoms with Gasteiger partial charge in [-0.15, -0.1) is 0 Å². The summed E-state index contributed by atoms with van der Waals surface area (Å²) in [6.45, 7) is 1.94. The first kappa shape index (κ1) is 4.02. The van der Waals surface area contributed by atoms with E-state index in [1.807, 2.05) is 14.8 Å². The van der Waals surface area contributed by atoms with Crippen LogP contribution >= 0.6 is 0 Å². The van der Waals surface area contributed by atoms with E-state index in [1.54, 1.807) is 0 Å². The summed E-state index contributed by atoms with van der Waals surface area (Å²) in [4.78, 5) is 0. The number of nitrogens with two attached hydrogens (primary N) is 1. The molecule has 0 heterocycles. The van der Waals surface area contributed by atoms with Crippen molar-refractivity contribution in [2.24, 2.45) is 5.73 Å². The molecule has 0 radical (unpaired) electrons. The minimum Gasteiger partial charge on any atom is -0.336 e. The van der Waals surface area contributed by atoms with Crippen LogP contribution in [0, 0.1) is 0 Å². The summed E-state index contributed by atoms with van der Waals surface area (Å²) < 4.78 is 0. The van der Waals surface area contributed by atoms with Crippen LogP contribution in [0.5, 0.6) is 0 Å². The SMILES string of the molecule is B[C@H](C)N. The zero-order chi connectivity index (χ0) is 3.58. The molecular weight excluding hydrogens is 48.8 g/mol. The highest BCUT2D eigenvalue weighted by Crippen LogP contribution is 1.48. The molecule has 0 unspecified atom stereocenters. The first-order valence-electron chi connectivity index (χ1n) is 1.49. The largest absolute Gasteiger partial charge is 0.336 e. The number of hydrogen-bond acceptors (Lipinski definition) is 1. The van der Waals surface area contributed by atoms with Gasteiger partial charge >= 0.3 is 0 Å². The second-order valence-corrected chi connectivity index (χ2v) is 1.24. The van der Waals surface area contributed by atoms with Crippen LogP contribution in [0.25, 0.3) is 0 Å². The third-order valence-electron chi connectivity index (χ3n) is 0. The summed E-state index contributed by atoms with van der Waals surface area (Å²) in [6.07, 6.45) is 0. The second kappa shape index (κ2) is 1.36. The summed E-state index contributed by atoms with van der Waals surface area (Å²) in [5, 5.41) is 0. The minimum absolute atomic E-state index is 0.333. The lowest BCUT2D eigenvalue weighted by molar-refractivity contribution is 1.03. The zero-order valence-corrected chi connectivity index (χ0v) is 3.15. The third-order valence-corrected chi connectivity index (χ3v) is 0. The maximum Gasteiger partial charge on any atom is 0.122 e. The molecule has 0 amide bonds. The lowest BCUT2D eigenvalue weighted by atomic mass is 10.0. The van der Waals surface area contributed by atoms with Crippen molar-refractivity contribution in [2.45, 2.75) is 12.9 Å². The molecule has 0 rings (SSSR count). The Balaban J connectivity index is 2.32. The van der Waals surface area contributed by atoms with Crippen molar-refractivity contribution < 1.29 is 0 Å². The quantitative estimate of drug-likeness (QED) is 0.352. The Hall–Kier alpha value is 0.0249. The Labute approximate surface area is 27.6 Å². The van der Waals surface area contributed by atoms with Crippen molar-refractivity contribution in [2.75, 3.05) is 0 Å². The van der Waals surface area contributed by atoms with Gasteiger partial charge in [-0.05, 0) is 5.94 Å². The van der Waals surface area contributed by atoms with E-state index in [4.69, 9.17) is 5.73 Å². The lowest BCUT2D eigenvalue weighted by Gasteiger charge is -1.80. The van der Waals surface area contributed by atoms with Crippen LogP contribution < -0.4 is 5.73 Å². The fourth-order valence-electron chi connectivity index (χ4n) is 0. The molecule has 0 saturated carbocycles. The molecule has 0 aliphatic carbocycles. The molecular formula is C2H8BN. The highest BCUT2D eigenvalue weighted by atomic mass is 14.5. The van der Waals surface area contributed by atoms with Gasteiger partial charge in [0.2, 0.25) is 0 Å². The first-order valence-corrected chi connectivity index (χ1v) is 1.49. The predicted molar refractivity (Wildman–Crippen MR) is 22.2 cm³/mol. The Morgan fingerprint density at radius 3 is 2.00 bits per heavy atom. The van der Waals surface area contributed by atoms with Gasteiger partial charge in [0.1, 0.15) is 7.85 Å². The molecule has 1 nitrogen and oxygen atoms in total. The smallest absolute Gasteiger partial charge is 0.122 e. The lowest BCUT2D eigenvalue weighted by Crippen LogP contribution is -2.12. The van der Waals surface area contributed by atoms with Gasteiger partial charge < -0.3 is 5.73 Å². The molecule has 0 aromatic heterocycles.